The summed E-state index contributed by atoms with van der Waals surface area (Å²) < 4.78 is 5.97. The van der Waals surface area contributed by atoms with Crippen LogP contribution in [0.15, 0.2) is 41.7 Å². The van der Waals surface area contributed by atoms with Gasteiger partial charge in [0.15, 0.2) is 0 Å². The minimum absolute atomic E-state index is 0. The van der Waals surface area contributed by atoms with Crippen LogP contribution in [0, 0.1) is 13.8 Å². The standard InChI is InChI=1S/C14H16O.2ClH.Ti/c1-10-6-5-9-13(10)15-14-11(2)7-4-8-12(14)3;;;/h4-8H,9H2,1-3H3;2*1H;/q;;;+2/p-2. The molecule has 1 aliphatic rings. The maximum absolute atomic E-state index is 5.97. The van der Waals surface area contributed by atoms with Crippen LogP contribution in [0.2, 0.25) is 0 Å². The number of para-hydroxylation sites is 1. The van der Waals surface area contributed by atoms with Crippen LogP contribution in [0.4, 0.5) is 0 Å². The van der Waals surface area contributed by atoms with Gasteiger partial charge in [0.2, 0.25) is 0 Å². The molecule has 2 rings (SSSR count). The zero-order valence-corrected chi connectivity index (χ0v) is 13.8. The molecule has 0 amide bonds. The van der Waals surface area contributed by atoms with E-state index in [-0.39, 0.29) is 46.5 Å². The van der Waals surface area contributed by atoms with Crippen molar-refractivity contribution in [2.45, 2.75) is 27.2 Å². The molecule has 1 nitrogen and oxygen atoms in total. The molecular formula is C14H16Cl2OTi. The molecule has 18 heavy (non-hydrogen) atoms. The maximum Gasteiger partial charge on any atom is 2.00 e. The predicted octanol–water partition coefficient (Wildman–Crippen LogP) is -2.08. The summed E-state index contributed by atoms with van der Waals surface area (Å²) in [4.78, 5) is 0. The molecule has 0 aliphatic heterocycles. The van der Waals surface area contributed by atoms with Gasteiger partial charge in [-0.15, -0.1) is 0 Å². The van der Waals surface area contributed by atoms with Crippen LogP contribution in [-0.4, -0.2) is 0 Å². The van der Waals surface area contributed by atoms with Crippen molar-refractivity contribution < 1.29 is 51.3 Å². The quantitative estimate of drug-likeness (QED) is 0.569. The van der Waals surface area contributed by atoms with Gasteiger partial charge in [0.1, 0.15) is 11.5 Å². The van der Waals surface area contributed by atoms with Crippen molar-refractivity contribution in [1.82, 2.24) is 0 Å². The van der Waals surface area contributed by atoms with E-state index < -0.39 is 0 Å². The smallest absolute Gasteiger partial charge is 1.00 e. The molecule has 0 atom stereocenters. The van der Waals surface area contributed by atoms with Crippen molar-refractivity contribution in [3.05, 3.63) is 52.8 Å². The van der Waals surface area contributed by atoms with Crippen LogP contribution in [0.3, 0.4) is 0 Å². The van der Waals surface area contributed by atoms with E-state index in [4.69, 9.17) is 4.74 Å². The Balaban J connectivity index is 0. The summed E-state index contributed by atoms with van der Waals surface area (Å²) in [6, 6.07) is 6.23. The average Bonchev–Trinajstić information content (AvgIpc) is 2.58. The number of hydrogen-bond acceptors (Lipinski definition) is 1. The molecule has 0 saturated heterocycles. The van der Waals surface area contributed by atoms with Gasteiger partial charge < -0.3 is 29.6 Å². The molecule has 0 bridgehead atoms. The van der Waals surface area contributed by atoms with Gasteiger partial charge in [-0.1, -0.05) is 30.4 Å². The van der Waals surface area contributed by atoms with Gasteiger partial charge in [-0.05, 0) is 37.5 Å². The largest absolute Gasteiger partial charge is 2.00 e. The molecule has 0 heterocycles. The van der Waals surface area contributed by atoms with Crippen LogP contribution in [0.5, 0.6) is 5.75 Å². The Morgan fingerprint density at radius 2 is 1.56 bits per heavy atom. The van der Waals surface area contributed by atoms with E-state index in [1.807, 2.05) is 0 Å². The number of rotatable bonds is 2. The Morgan fingerprint density at radius 1 is 1.00 bits per heavy atom. The van der Waals surface area contributed by atoms with Gasteiger partial charge >= 0.3 is 21.7 Å². The van der Waals surface area contributed by atoms with Gasteiger partial charge in [0, 0.05) is 6.42 Å². The molecule has 1 aromatic rings. The number of hydrogen-bond donors (Lipinski definition) is 0. The van der Waals surface area contributed by atoms with Crippen LogP contribution in [0.25, 0.3) is 0 Å². The van der Waals surface area contributed by atoms with E-state index >= 15 is 0 Å². The molecule has 1 aromatic carbocycles. The topological polar surface area (TPSA) is 9.23 Å². The second kappa shape index (κ2) is 8.82. The number of halogens is 2. The predicted molar refractivity (Wildman–Crippen MR) is 63.0 cm³/mol. The fraction of sp³-hybridized carbons (Fsp3) is 0.286. The molecule has 0 N–H and O–H groups in total. The number of allylic oxidation sites excluding steroid dienone is 3. The maximum atomic E-state index is 5.97. The van der Waals surface area contributed by atoms with Gasteiger partial charge in [-0.2, -0.15) is 0 Å². The normalized spacial score (nSPS) is 12.4. The first kappa shape index (κ1) is 20.1. The van der Waals surface area contributed by atoms with Gasteiger partial charge in [-0.25, -0.2) is 0 Å². The van der Waals surface area contributed by atoms with Crippen LogP contribution < -0.4 is 29.6 Å². The van der Waals surface area contributed by atoms with Crippen LogP contribution in [-0.2, 0) is 21.7 Å². The van der Waals surface area contributed by atoms with Crippen molar-refractivity contribution >= 4 is 0 Å². The summed E-state index contributed by atoms with van der Waals surface area (Å²) in [6.07, 6.45) is 5.17. The second-order valence-electron chi connectivity index (χ2n) is 4.04. The Kier molecular flexibility index (Phi) is 9.86. The van der Waals surface area contributed by atoms with Crippen molar-refractivity contribution in [1.29, 1.82) is 0 Å². The Bertz CT molecular complexity index is 433. The first-order chi connectivity index (χ1) is 7.18. The van der Waals surface area contributed by atoms with E-state index in [2.05, 4.69) is 51.1 Å². The van der Waals surface area contributed by atoms with E-state index in [1.165, 1.54) is 16.7 Å². The number of benzene rings is 1. The zero-order chi connectivity index (χ0) is 10.8. The third kappa shape index (κ3) is 4.47. The van der Waals surface area contributed by atoms with Gasteiger partial charge in [-0.3, -0.25) is 0 Å². The van der Waals surface area contributed by atoms with Crippen molar-refractivity contribution in [2.75, 3.05) is 0 Å². The van der Waals surface area contributed by atoms with E-state index in [0.29, 0.717) is 0 Å². The van der Waals surface area contributed by atoms with Gasteiger partial charge in [0.25, 0.3) is 0 Å². The molecule has 0 saturated carbocycles. The average molecular weight is 319 g/mol. The third-order valence-corrected chi connectivity index (χ3v) is 2.74. The SMILES string of the molecule is CC1=C(Oc2c(C)cccc2C)CC=C1.[Cl-].[Cl-].[Ti+2]. The first-order valence-corrected chi connectivity index (χ1v) is 5.29. The van der Waals surface area contributed by atoms with Crippen molar-refractivity contribution in [3.8, 4) is 5.75 Å². The molecule has 0 aromatic heterocycles. The number of ether oxygens (including phenoxy) is 1. The van der Waals surface area contributed by atoms with Crippen molar-refractivity contribution in [3.63, 3.8) is 0 Å². The van der Waals surface area contributed by atoms with E-state index in [1.54, 1.807) is 0 Å². The Labute approximate surface area is 136 Å². The second-order valence-corrected chi connectivity index (χ2v) is 4.04. The monoisotopic (exact) mass is 318 g/mol. The summed E-state index contributed by atoms with van der Waals surface area (Å²) in [5.41, 5.74) is 3.63. The molecule has 0 spiro atoms. The van der Waals surface area contributed by atoms with E-state index in [9.17, 15) is 0 Å². The third-order valence-electron chi connectivity index (χ3n) is 2.74. The molecular weight excluding hydrogens is 303 g/mol. The molecule has 4 heteroatoms. The zero-order valence-electron chi connectivity index (χ0n) is 10.8. The first-order valence-electron chi connectivity index (χ1n) is 5.29. The molecule has 0 fully saturated rings. The van der Waals surface area contributed by atoms with Crippen LogP contribution >= 0.6 is 0 Å². The molecule has 0 radical (unpaired) electrons. The summed E-state index contributed by atoms with van der Waals surface area (Å²) in [5.74, 6) is 2.09. The summed E-state index contributed by atoms with van der Waals surface area (Å²) in [7, 11) is 0. The van der Waals surface area contributed by atoms with Crippen LogP contribution in [0.1, 0.15) is 24.5 Å². The molecule has 96 valence electrons. The van der Waals surface area contributed by atoms with Gasteiger partial charge in [0.05, 0.1) is 0 Å². The Hall–Kier alpha value is -0.206. The molecule has 1 aliphatic carbocycles. The summed E-state index contributed by atoms with van der Waals surface area (Å²) in [5, 5.41) is 0. The van der Waals surface area contributed by atoms with E-state index in [0.717, 1.165) is 17.9 Å². The fourth-order valence-corrected chi connectivity index (χ4v) is 1.80. The molecule has 0 unspecified atom stereocenters. The minimum Gasteiger partial charge on any atom is -1.00 e. The fourth-order valence-electron chi connectivity index (χ4n) is 1.80. The summed E-state index contributed by atoms with van der Waals surface area (Å²) >= 11 is 0. The minimum atomic E-state index is 0. The summed E-state index contributed by atoms with van der Waals surface area (Å²) in [6.45, 7) is 6.26. The Morgan fingerprint density at radius 3 is 2.00 bits per heavy atom. The number of aryl methyl sites for hydroxylation is 2. The van der Waals surface area contributed by atoms with Crippen molar-refractivity contribution in [2.24, 2.45) is 0 Å².